The molecular weight excluding hydrogens is 433 g/mol. The zero-order chi connectivity index (χ0) is 23.7. The van der Waals surface area contributed by atoms with Gasteiger partial charge in [-0.05, 0) is 60.6 Å². The molecule has 3 fully saturated rings. The summed E-state index contributed by atoms with van der Waals surface area (Å²) in [5, 5.41) is 2.97. The molecule has 0 aromatic heterocycles. The first kappa shape index (κ1) is 22.8. The second kappa shape index (κ2) is 9.37. The van der Waals surface area contributed by atoms with Crippen molar-refractivity contribution in [3.05, 3.63) is 65.0 Å². The molecule has 3 aliphatic heterocycles. The smallest absolute Gasteiger partial charge is 0.254 e. The number of anilines is 1. The Balaban J connectivity index is 1.34. The van der Waals surface area contributed by atoms with Gasteiger partial charge in [-0.3, -0.25) is 9.59 Å². The highest BCUT2D eigenvalue weighted by atomic mass is 19.1. The molecule has 2 amide bonds. The number of rotatable bonds is 3. The Labute approximate surface area is 200 Å². The number of carbonyl (C=O) groups is 2. The Morgan fingerprint density at radius 2 is 1.82 bits per heavy atom. The van der Waals surface area contributed by atoms with E-state index < -0.39 is 0 Å². The van der Waals surface area contributed by atoms with E-state index in [4.69, 9.17) is 4.74 Å². The van der Waals surface area contributed by atoms with Gasteiger partial charge in [0.15, 0.2) is 0 Å². The SMILES string of the molecule is Cc1c(C(=O)N2CCC3(CC2)CC(=O)NCC3c2cccc(F)c2)cccc1N1CCOCC1. The maximum Gasteiger partial charge on any atom is 0.254 e. The van der Waals surface area contributed by atoms with Crippen molar-refractivity contribution in [2.75, 3.05) is 50.8 Å². The van der Waals surface area contributed by atoms with Crippen LogP contribution in [0.15, 0.2) is 42.5 Å². The lowest BCUT2D eigenvalue weighted by Crippen LogP contribution is -2.53. The third-order valence-corrected chi connectivity index (χ3v) is 7.94. The second-order valence-corrected chi connectivity index (χ2v) is 9.79. The van der Waals surface area contributed by atoms with Gasteiger partial charge in [-0.25, -0.2) is 4.39 Å². The van der Waals surface area contributed by atoms with Gasteiger partial charge in [0.1, 0.15) is 5.82 Å². The fraction of sp³-hybridized carbons (Fsp3) is 0.481. The largest absolute Gasteiger partial charge is 0.378 e. The summed E-state index contributed by atoms with van der Waals surface area (Å²) >= 11 is 0. The van der Waals surface area contributed by atoms with Crippen LogP contribution in [-0.4, -0.2) is 62.7 Å². The molecule has 1 spiro atoms. The zero-order valence-corrected chi connectivity index (χ0v) is 19.7. The topological polar surface area (TPSA) is 61.9 Å². The van der Waals surface area contributed by atoms with Gasteiger partial charge in [0.05, 0.1) is 13.2 Å². The van der Waals surface area contributed by atoms with E-state index in [9.17, 15) is 14.0 Å². The molecule has 180 valence electrons. The number of piperidine rings is 2. The summed E-state index contributed by atoms with van der Waals surface area (Å²) in [5.41, 5.74) is 3.51. The van der Waals surface area contributed by atoms with Crippen molar-refractivity contribution in [2.24, 2.45) is 5.41 Å². The average Bonchev–Trinajstić information content (AvgIpc) is 2.85. The number of hydrogen-bond donors (Lipinski definition) is 1. The van der Waals surface area contributed by atoms with Crippen LogP contribution < -0.4 is 10.2 Å². The van der Waals surface area contributed by atoms with Crippen molar-refractivity contribution in [3.63, 3.8) is 0 Å². The van der Waals surface area contributed by atoms with E-state index in [-0.39, 0.29) is 29.0 Å². The molecule has 0 bridgehead atoms. The van der Waals surface area contributed by atoms with E-state index >= 15 is 0 Å². The molecule has 1 unspecified atom stereocenters. The van der Waals surface area contributed by atoms with Crippen LogP contribution >= 0.6 is 0 Å². The number of ether oxygens (including phenoxy) is 1. The number of halogens is 1. The summed E-state index contributed by atoms with van der Waals surface area (Å²) in [5.74, 6) is -0.121. The van der Waals surface area contributed by atoms with Crippen LogP contribution in [0.5, 0.6) is 0 Å². The van der Waals surface area contributed by atoms with Gasteiger partial charge in [0.2, 0.25) is 5.91 Å². The molecule has 34 heavy (non-hydrogen) atoms. The van der Waals surface area contributed by atoms with Crippen LogP contribution in [0, 0.1) is 18.2 Å². The molecule has 2 aromatic rings. The summed E-state index contributed by atoms with van der Waals surface area (Å²) in [6, 6.07) is 12.7. The van der Waals surface area contributed by atoms with Crippen molar-refractivity contribution in [1.29, 1.82) is 0 Å². The van der Waals surface area contributed by atoms with E-state index in [1.54, 1.807) is 12.1 Å². The number of morpholine rings is 1. The minimum Gasteiger partial charge on any atom is -0.378 e. The lowest BCUT2D eigenvalue weighted by atomic mass is 9.62. The minimum atomic E-state index is -0.257. The molecule has 0 aliphatic carbocycles. The molecule has 1 atom stereocenters. The first-order valence-corrected chi connectivity index (χ1v) is 12.2. The van der Waals surface area contributed by atoms with Gasteiger partial charge in [-0.1, -0.05) is 18.2 Å². The van der Waals surface area contributed by atoms with Crippen molar-refractivity contribution in [1.82, 2.24) is 10.2 Å². The van der Waals surface area contributed by atoms with Crippen molar-refractivity contribution in [3.8, 4) is 0 Å². The Hall–Kier alpha value is -2.93. The second-order valence-electron chi connectivity index (χ2n) is 9.79. The molecule has 3 aliphatic rings. The number of hydrogen-bond acceptors (Lipinski definition) is 4. The van der Waals surface area contributed by atoms with Crippen molar-refractivity contribution >= 4 is 17.5 Å². The quantitative estimate of drug-likeness (QED) is 0.754. The van der Waals surface area contributed by atoms with E-state index in [1.807, 2.05) is 30.0 Å². The molecule has 7 heteroatoms. The highest BCUT2D eigenvalue weighted by molar-refractivity contribution is 5.97. The molecule has 3 heterocycles. The van der Waals surface area contributed by atoms with Crippen LogP contribution in [0.3, 0.4) is 0 Å². The summed E-state index contributed by atoms with van der Waals surface area (Å²) in [4.78, 5) is 30.1. The monoisotopic (exact) mass is 465 g/mol. The van der Waals surface area contributed by atoms with Crippen LogP contribution in [0.2, 0.25) is 0 Å². The normalized spacial score (nSPS) is 22.5. The maximum atomic E-state index is 14.0. The maximum absolute atomic E-state index is 14.0. The third kappa shape index (κ3) is 4.29. The number of likely N-dealkylation sites (tertiary alicyclic amines) is 1. The summed E-state index contributed by atoms with van der Waals surface area (Å²) in [6.07, 6.45) is 1.88. The number of carbonyl (C=O) groups excluding carboxylic acids is 2. The Kier molecular flexibility index (Phi) is 6.30. The van der Waals surface area contributed by atoms with Gasteiger partial charge in [0.25, 0.3) is 5.91 Å². The number of benzene rings is 2. The molecule has 1 N–H and O–H groups in total. The summed E-state index contributed by atoms with van der Waals surface area (Å²) in [7, 11) is 0. The third-order valence-electron chi connectivity index (χ3n) is 7.94. The fourth-order valence-corrected chi connectivity index (χ4v) is 5.99. The highest BCUT2D eigenvalue weighted by Crippen LogP contribution is 2.49. The number of amides is 2. The summed E-state index contributed by atoms with van der Waals surface area (Å²) < 4.78 is 19.4. The minimum absolute atomic E-state index is 0.0430. The van der Waals surface area contributed by atoms with E-state index in [2.05, 4.69) is 16.3 Å². The zero-order valence-electron chi connectivity index (χ0n) is 19.7. The summed E-state index contributed by atoms with van der Waals surface area (Å²) in [6.45, 7) is 6.78. The van der Waals surface area contributed by atoms with Gasteiger partial charge in [0, 0.05) is 56.3 Å². The van der Waals surface area contributed by atoms with Crippen LogP contribution in [0.1, 0.15) is 46.7 Å². The van der Waals surface area contributed by atoms with Gasteiger partial charge in [-0.15, -0.1) is 0 Å². The molecule has 0 radical (unpaired) electrons. The standard InChI is InChI=1S/C27H32FN3O3/c1-19-22(6-3-7-24(19)30-12-14-34-15-13-30)26(33)31-10-8-27(9-11-31)17-25(32)29-18-23(27)20-4-2-5-21(28)16-20/h2-7,16,23H,8-15,17-18H2,1H3,(H,29,32). The Bertz CT molecular complexity index is 1070. The fourth-order valence-electron chi connectivity index (χ4n) is 5.99. The van der Waals surface area contributed by atoms with E-state index in [1.165, 1.54) is 6.07 Å². The van der Waals surface area contributed by atoms with Crippen molar-refractivity contribution in [2.45, 2.75) is 32.1 Å². The van der Waals surface area contributed by atoms with Crippen LogP contribution in [-0.2, 0) is 9.53 Å². The lowest BCUT2D eigenvalue weighted by Gasteiger charge is -2.49. The van der Waals surface area contributed by atoms with Crippen LogP contribution in [0.4, 0.5) is 10.1 Å². The van der Waals surface area contributed by atoms with E-state index in [0.717, 1.165) is 48.3 Å². The molecule has 2 aromatic carbocycles. The first-order chi connectivity index (χ1) is 16.5. The number of nitrogens with zero attached hydrogens (tertiary/aromatic N) is 2. The Morgan fingerprint density at radius 1 is 1.09 bits per heavy atom. The predicted molar refractivity (Wildman–Crippen MR) is 129 cm³/mol. The molecular formula is C27H32FN3O3. The highest BCUT2D eigenvalue weighted by Gasteiger charge is 2.47. The van der Waals surface area contributed by atoms with E-state index in [0.29, 0.717) is 39.3 Å². The average molecular weight is 466 g/mol. The molecule has 3 saturated heterocycles. The van der Waals surface area contributed by atoms with Gasteiger partial charge >= 0.3 is 0 Å². The van der Waals surface area contributed by atoms with Gasteiger partial charge in [-0.2, -0.15) is 0 Å². The van der Waals surface area contributed by atoms with Crippen LogP contribution in [0.25, 0.3) is 0 Å². The molecule has 5 rings (SSSR count). The van der Waals surface area contributed by atoms with Crippen molar-refractivity contribution < 1.29 is 18.7 Å². The Morgan fingerprint density at radius 3 is 2.56 bits per heavy atom. The number of nitrogens with one attached hydrogen (secondary N) is 1. The van der Waals surface area contributed by atoms with Gasteiger partial charge < -0.3 is 19.9 Å². The first-order valence-electron chi connectivity index (χ1n) is 12.2. The predicted octanol–water partition coefficient (Wildman–Crippen LogP) is 3.50. The lowest BCUT2D eigenvalue weighted by molar-refractivity contribution is -0.127. The molecule has 0 saturated carbocycles. The molecule has 6 nitrogen and oxygen atoms in total.